The van der Waals surface area contributed by atoms with Gasteiger partial charge in [0.2, 0.25) is 0 Å². The van der Waals surface area contributed by atoms with Gasteiger partial charge in [-0.3, -0.25) is 4.90 Å². The molecule has 7 heteroatoms. The van der Waals surface area contributed by atoms with Gasteiger partial charge in [-0.15, -0.1) is 0 Å². The van der Waals surface area contributed by atoms with E-state index in [1.54, 1.807) is 6.92 Å². The van der Waals surface area contributed by atoms with Crippen LogP contribution in [-0.2, 0) is 11.2 Å². The Kier molecular flexibility index (Phi) is 6.73. The monoisotopic (exact) mass is 327 g/mol. The molecule has 0 aliphatic carbocycles. The topological polar surface area (TPSA) is 53.6 Å². The Morgan fingerprint density at radius 2 is 1.96 bits per heavy atom. The second kappa shape index (κ2) is 8.79. The predicted octanol–water partition coefficient (Wildman–Crippen LogP) is 1.53. The molecule has 0 spiro atoms. The summed E-state index contributed by atoms with van der Waals surface area (Å²) in [6.45, 7) is 6.17. The van der Waals surface area contributed by atoms with Crippen molar-refractivity contribution in [3.8, 4) is 0 Å². The van der Waals surface area contributed by atoms with Gasteiger partial charge < -0.3 is 15.4 Å². The normalized spacial score (nSPS) is 16.8. The van der Waals surface area contributed by atoms with Crippen molar-refractivity contribution in [1.29, 1.82) is 0 Å². The van der Waals surface area contributed by atoms with Crippen LogP contribution < -0.4 is 10.6 Å². The number of nitrogens with one attached hydrogen (secondary N) is 2. The van der Waals surface area contributed by atoms with Crippen LogP contribution in [0.4, 0.5) is 13.6 Å². The summed E-state index contributed by atoms with van der Waals surface area (Å²) in [6.07, 6.45) is 0.107. The maximum atomic E-state index is 13.6. The van der Waals surface area contributed by atoms with Crippen molar-refractivity contribution in [2.24, 2.45) is 0 Å². The average Bonchev–Trinajstić information content (AvgIpc) is 2.52. The number of hydrogen-bond donors (Lipinski definition) is 2. The van der Waals surface area contributed by atoms with Crippen LogP contribution in [0, 0.1) is 11.6 Å². The number of amides is 2. The summed E-state index contributed by atoms with van der Waals surface area (Å²) in [5.74, 6) is -1.18. The van der Waals surface area contributed by atoms with Crippen molar-refractivity contribution in [2.45, 2.75) is 19.4 Å². The number of hydrogen-bond acceptors (Lipinski definition) is 3. The first kappa shape index (κ1) is 17.6. The smallest absolute Gasteiger partial charge is 0.315 e. The number of ether oxygens (including phenoxy) is 1. The number of benzene rings is 1. The minimum absolute atomic E-state index is 0.00591. The fourth-order valence-electron chi connectivity index (χ4n) is 2.51. The quantitative estimate of drug-likeness (QED) is 0.833. The summed E-state index contributed by atoms with van der Waals surface area (Å²) in [7, 11) is 0. The third-order valence-corrected chi connectivity index (χ3v) is 3.77. The Bertz CT molecular complexity index is 502. The zero-order valence-electron chi connectivity index (χ0n) is 13.3. The van der Waals surface area contributed by atoms with E-state index in [2.05, 4.69) is 15.5 Å². The summed E-state index contributed by atoms with van der Waals surface area (Å²) >= 11 is 0. The fraction of sp³-hybridized carbons (Fsp3) is 0.562. The van der Waals surface area contributed by atoms with E-state index in [1.807, 2.05) is 0 Å². The van der Waals surface area contributed by atoms with E-state index in [9.17, 15) is 13.6 Å². The number of carbonyl (C=O) groups is 1. The van der Waals surface area contributed by atoms with E-state index in [0.29, 0.717) is 6.54 Å². The molecule has 1 aliphatic heterocycles. The molecule has 1 atom stereocenters. The lowest BCUT2D eigenvalue weighted by molar-refractivity contribution is 0.0387. The molecular formula is C16H23F2N3O2. The van der Waals surface area contributed by atoms with E-state index in [1.165, 1.54) is 18.2 Å². The van der Waals surface area contributed by atoms with Gasteiger partial charge in [0.05, 0.1) is 13.2 Å². The van der Waals surface area contributed by atoms with E-state index >= 15 is 0 Å². The standard InChI is InChI=1S/C16H23F2N3O2/c1-12(11-13-14(17)3-2-4-15(13)18)20-16(22)19-5-6-21-7-9-23-10-8-21/h2-4,12H,5-11H2,1H3,(H2,19,20,22)/t12-/m1/s1. The fourth-order valence-corrected chi connectivity index (χ4v) is 2.51. The molecule has 0 aromatic heterocycles. The Hall–Kier alpha value is -1.73. The first-order valence-electron chi connectivity index (χ1n) is 7.83. The van der Waals surface area contributed by atoms with Gasteiger partial charge in [0.25, 0.3) is 0 Å². The van der Waals surface area contributed by atoms with Crippen molar-refractivity contribution in [3.05, 3.63) is 35.4 Å². The van der Waals surface area contributed by atoms with E-state index in [-0.39, 0.29) is 24.1 Å². The SMILES string of the molecule is C[C@H](Cc1c(F)cccc1F)NC(=O)NCCN1CCOCC1. The van der Waals surface area contributed by atoms with Gasteiger partial charge in [0, 0.05) is 37.8 Å². The summed E-state index contributed by atoms with van der Waals surface area (Å²) in [4.78, 5) is 14.0. The lowest BCUT2D eigenvalue weighted by Gasteiger charge is -2.26. The number of nitrogens with zero attached hydrogens (tertiary/aromatic N) is 1. The summed E-state index contributed by atoms with van der Waals surface area (Å²) in [5.41, 5.74) is -0.00591. The van der Waals surface area contributed by atoms with E-state index in [4.69, 9.17) is 4.74 Å². The zero-order valence-corrected chi connectivity index (χ0v) is 13.3. The molecular weight excluding hydrogens is 304 g/mol. The maximum absolute atomic E-state index is 13.6. The molecule has 1 saturated heterocycles. The minimum atomic E-state index is -0.591. The lowest BCUT2D eigenvalue weighted by atomic mass is 10.1. The summed E-state index contributed by atoms with van der Waals surface area (Å²) in [5, 5.41) is 5.45. The van der Waals surface area contributed by atoms with Crippen molar-refractivity contribution < 1.29 is 18.3 Å². The molecule has 1 aromatic rings. The number of rotatable bonds is 6. The lowest BCUT2D eigenvalue weighted by Crippen LogP contribution is -2.46. The number of morpholine rings is 1. The second-order valence-electron chi connectivity index (χ2n) is 5.66. The number of halogens is 2. The van der Waals surface area contributed by atoms with Crippen molar-refractivity contribution in [3.63, 3.8) is 0 Å². The molecule has 23 heavy (non-hydrogen) atoms. The van der Waals surface area contributed by atoms with Gasteiger partial charge in [-0.25, -0.2) is 13.6 Å². The predicted molar refractivity (Wildman–Crippen MR) is 83.3 cm³/mol. The Morgan fingerprint density at radius 3 is 2.61 bits per heavy atom. The molecule has 0 radical (unpaired) electrons. The molecule has 2 N–H and O–H groups in total. The van der Waals surface area contributed by atoms with E-state index in [0.717, 1.165) is 32.8 Å². The van der Waals surface area contributed by atoms with Crippen molar-refractivity contribution >= 4 is 6.03 Å². The Balaban J connectivity index is 1.70. The van der Waals surface area contributed by atoms with Crippen LogP contribution in [0.15, 0.2) is 18.2 Å². The Labute approximate surface area is 135 Å². The van der Waals surface area contributed by atoms with Gasteiger partial charge in [-0.1, -0.05) is 6.07 Å². The summed E-state index contributed by atoms with van der Waals surface area (Å²) < 4.78 is 32.4. The Morgan fingerprint density at radius 1 is 1.30 bits per heavy atom. The third kappa shape index (κ3) is 5.76. The second-order valence-corrected chi connectivity index (χ2v) is 5.66. The van der Waals surface area contributed by atoms with Gasteiger partial charge in [0.1, 0.15) is 11.6 Å². The molecule has 1 aromatic carbocycles. The number of urea groups is 1. The molecule has 2 rings (SSSR count). The van der Waals surface area contributed by atoms with Gasteiger partial charge in [-0.05, 0) is 25.5 Å². The van der Waals surface area contributed by atoms with Crippen molar-refractivity contribution in [1.82, 2.24) is 15.5 Å². The van der Waals surface area contributed by atoms with Gasteiger partial charge in [0.15, 0.2) is 0 Å². The zero-order chi connectivity index (χ0) is 16.7. The molecule has 128 valence electrons. The van der Waals surface area contributed by atoms with Crippen LogP contribution >= 0.6 is 0 Å². The minimum Gasteiger partial charge on any atom is -0.379 e. The highest BCUT2D eigenvalue weighted by Gasteiger charge is 2.15. The highest BCUT2D eigenvalue weighted by Crippen LogP contribution is 2.14. The molecule has 1 aliphatic rings. The highest BCUT2D eigenvalue weighted by molar-refractivity contribution is 5.74. The van der Waals surface area contributed by atoms with Crippen LogP contribution in [0.5, 0.6) is 0 Å². The average molecular weight is 327 g/mol. The first-order valence-corrected chi connectivity index (χ1v) is 7.83. The molecule has 1 heterocycles. The van der Waals surface area contributed by atoms with Gasteiger partial charge in [-0.2, -0.15) is 0 Å². The van der Waals surface area contributed by atoms with Crippen LogP contribution in [0.2, 0.25) is 0 Å². The van der Waals surface area contributed by atoms with Crippen molar-refractivity contribution in [2.75, 3.05) is 39.4 Å². The highest BCUT2D eigenvalue weighted by atomic mass is 19.1. The molecule has 0 unspecified atom stereocenters. The van der Waals surface area contributed by atoms with E-state index < -0.39 is 11.6 Å². The molecule has 5 nitrogen and oxygen atoms in total. The number of carbonyl (C=O) groups excluding carboxylic acids is 1. The molecule has 2 amide bonds. The molecule has 0 saturated carbocycles. The third-order valence-electron chi connectivity index (χ3n) is 3.77. The van der Waals surface area contributed by atoms with Gasteiger partial charge >= 0.3 is 6.03 Å². The first-order chi connectivity index (χ1) is 11.1. The molecule has 0 bridgehead atoms. The van der Waals surface area contributed by atoms with Crippen LogP contribution in [0.25, 0.3) is 0 Å². The van der Waals surface area contributed by atoms with Crippen LogP contribution in [-0.4, -0.2) is 56.4 Å². The van der Waals surface area contributed by atoms with Crippen LogP contribution in [0.3, 0.4) is 0 Å². The maximum Gasteiger partial charge on any atom is 0.315 e. The largest absolute Gasteiger partial charge is 0.379 e. The summed E-state index contributed by atoms with van der Waals surface area (Å²) in [6, 6.07) is 3.05. The van der Waals surface area contributed by atoms with Crippen LogP contribution in [0.1, 0.15) is 12.5 Å². The molecule has 1 fully saturated rings.